The maximum Gasteiger partial charge on any atom is 0.290 e. The second-order valence-corrected chi connectivity index (χ2v) is 7.64. The molecule has 3 aromatic rings. The first kappa shape index (κ1) is 23.5. The Hall–Kier alpha value is -3.66. The fraction of sp³-hybridized carbons (Fsp3) is 0.280. The molecular weight excluding hydrogens is 442 g/mol. The number of allylic oxidation sites excluding steroid dienone is 1. The van der Waals surface area contributed by atoms with E-state index in [0.717, 1.165) is 0 Å². The van der Waals surface area contributed by atoms with Crippen LogP contribution >= 0.6 is 0 Å². The van der Waals surface area contributed by atoms with Crippen molar-refractivity contribution in [2.45, 2.75) is 18.6 Å². The maximum absolute atomic E-state index is 13.1. The second-order valence-electron chi connectivity index (χ2n) is 7.64. The SMILES string of the molecule is O=C(Nc1ccc(O)cc1)C1=C[C@H](c2coc3ccccc3c2=O)C[C@H](OCCOCCO)O1. The normalized spacial score (nSPS) is 17.7. The number of rotatable bonds is 9. The third-order valence-electron chi connectivity index (χ3n) is 5.28. The highest BCUT2D eigenvalue weighted by atomic mass is 16.7. The summed E-state index contributed by atoms with van der Waals surface area (Å²) in [4.78, 5) is 26.0. The molecule has 1 aliphatic heterocycles. The van der Waals surface area contributed by atoms with Crippen LogP contribution in [0, 0.1) is 0 Å². The molecule has 0 bridgehead atoms. The molecule has 1 aliphatic rings. The van der Waals surface area contributed by atoms with Gasteiger partial charge in [-0.3, -0.25) is 9.59 Å². The number of nitrogens with one attached hydrogen (secondary N) is 1. The van der Waals surface area contributed by atoms with Gasteiger partial charge in [0.1, 0.15) is 11.3 Å². The number of para-hydroxylation sites is 1. The third-order valence-corrected chi connectivity index (χ3v) is 5.28. The van der Waals surface area contributed by atoms with Crippen molar-refractivity contribution in [3.8, 4) is 5.75 Å². The van der Waals surface area contributed by atoms with Crippen molar-refractivity contribution in [3.05, 3.63) is 82.4 Å². The standard InChI is InChI=1S/C25H25NO8/c27-9-10-31-11-12-32-23-14-16(20-15-33-21-4-2-1-3-19(21)24(20)29)13-22(34-23)25(30)26-17-5-7-18(28)8-6-17/h1-8,13,15-16,23,27-28H,9-12,14H2,(H,26,30)/t16-,23+/m0/s1. The van der Waals surface area contributed by atoms with Gasteiger partial charge in [0.05, 0.1) is 38.1 Å². The van der Waals surface area contributed by atoms with E-state index >= 15 is 0 Å². The number of carbonyl (C=O) groups excluding carboxylic acids is 1. The predicted octanol–water partition coefficient (Wildman–Crippen LogP) is 2.88. The number of hydrogen-bond donors (Lipinski definition) is 3. The molecule has 0 spiro atoms. The van der Waals surface area contributed by atoms with Gasteiger partial charge in [0, 0.05) is 23.6 Å². The van der Waals surface area contributed by atoms with Crippen LogP contribution in [0.4, 0.5) is 5.69 Å². The average Bonchev–Trinajstić information content (AvgIpc) is 2.85. The molecule has 1 aromatic heterocycles. The minimum absolute atomic E-state index is 0.00170. The number of amides is 1. The van der Waals surface area contributed by atoms with Gasteiger partial charge in [-0.15, -0.1) is 0 Å². The zero-order valence-electron chi connectivity index (χ0n) is 18.3. The Bertz CT molecular complexity index is 1220. The monoisotopic (exact) mass is 467 g/mol. The molecule has 9 heteroatoms. The molecule has 4 rings (SSSR count). The summed E-state index contributed by atoms with van der Waals surface area (Å²) in [7, 11) is 0. The summed E-state index contributed by atoms with van der Waals surface area (Å²) in [5.41, 5.74) is 1.15. The minimum Gasteiger partial charge on any atom is -0.508 e. The number of carbonyl (C=O) groups is 1. The number of anilines is 1. The lowest BCUT2D eigenvalue weighted by Gasteiger charge is -2.29. The van der Waals surface area contributed by atoms with Gasteiger partial charge >= 0.3 is 0 Å². The molecule has 2 atom stereocenters. The minimum atomic E-state index is -0.806. The Morgan fingerprint density at radius 3 is 2.68 bits per heavy atom. The lowest BCUT2D eigenvalue weighted by molar-refractivity contribution is -0.148. The lowest BCUT2D eigenvalue weighted by atomic mass is 9.93. The molecular formula is C25H25NO8. The first-order chi connectivity index (χ1) is 16.5. The van der Waals surface area contributed by atoms with Crippen molar-refractivity contribution < 1.29 is 33.6 Å². The number of fused-ring (bicyclic) bond motifs is 1. The summed E-state index contributed by atoms with van der Waals surface area (Å²) in [6.07, 6.45) is 2.48. The molecule has 0 unspecified atom stereocenters. The van der Waals surface area contributed by atoms with Crippen LogP contribution in [-0.2, 0) is 19.0 Å². The quantitative estimate of drug-likeness (QED) is 0.324. The highest BCUT2D eigenvalue weighted by Crippen LogP contribution is 2.31. The van der Waals surface area contributed by atoms with Crippen molar-refractivity contribution in [2.75, 3.05) is 31.7 Å². The molecule has 2 heterocycles. The van der Waals surface area contributed by atoms with E-state index in [1.807, 2.05) is 0 Å². The number of hydrogen-bond acceptors (Lipinski definition) is 8. The summed E-state index contributed by atoms with van der Waals surface area (Å²) >= 11 is 0. The molecule has 2 aromatic carbocycles. The molecule has 178 valence electrons. The first-order valence-electron chi connectivity index (χ1n) is 10.8. The summed E-state index contributed by atoms with van der Waals surface area (Å²) < 4.78 is 22.4. The van der Waals surface area contributed by atoms with Crippen molar-refractivity contribution >= 4 is 22.6 Å². The van der Waals surface area contributed by atoms with Gasteiger partial charge < -0.3 is 34.2 Å². The van der Waals surface area contributed by atoms with E-state index in [1.165, 1.54) is 18.4 Å². The number of aliphatic hydroxyl groups is 1. The number of benzene rings is 2. The highest BCUT2D eigenvalue weighted by Gasteiger charge is 2.30. The summed E-state index contributed by atoms with van der Waals surface area (Å²) in [6.45, 7) is 0.512. The van der Waals surface area contributed by atoms with Crippen LogP contribution in [0.3, 0.4) is 0 Å². The molecule has 0 aliphatic carbocycles. The molecule has 1 amide bonds. The molecule has 3 N–H and O–H groups in total. The Morgan fingerprint density at radius 1 is 1.09 bits per heavy atom. The van der Waals surface area contributed by atoms with E-state index in [2.05, 4.69) is 5.32 Å². The van der Waals surface area contributed by atoms with Crippen LogP contribution in [-0.4, -0.2) is 48.8 Å². The molecule has 0 saturated heterocycles. The van der Waals surface area contributed by atoms with E-state index in [4.69, 9.17) is 23.7 Å². The van der Waals surface area contributed by atoms with Crippen molar-refractivity contribution in [3.63, 3.8) is 0 Å². The molecule has 0 radical (unpaired) electrons. The van der Waals surface area contributed by atoms with Crippen LogP contribution in [0.5, 0.6) is 5.75 Å². The number of phenols is 1. The van der Waals surface area contributed by atoms with Gasteiger partial charge in [-0.05, 0) is 42.5 Å². The van der Waals surface area contributed by atoms with Crippen molar-refractivity contribution in [1.82, 2.24) is 0 Å². The number of phenolic OH excluding ortho intramolecular Hbond substituents is 1. The Labute approximate surface area is 195 Å². The van der Waals surface area contributed by atoms with Gasteiger partial charge in [0.25, 0.3) is 5.91 Å². The lowest BCUT2D eigenvalue weighted by Crippen LogP contribution is -2.31. The smallest absolute Gasteiger partial charge is 0.290 e. The molecule has 0 saturated carbocycles. The topological polar surface area (TPSA) is 127 Å². The fourth-order valence-corrected chi connectivity index (χ4v) is 3.63. The molecule has 9 nitrogen and oxygen atoms in total. The zero-order chi connectivity index (χ0) is 23.9. The molecule has 0 fully saturated rings. The van der Waals surface area contributed by atoms with E-state index in [-0.39, 0.29) is 43.4 Å². The number of aliphatic hydroxyl groups excluding tert-OH is 1. The largest absolute Gasteiger partial charge is 0.508 e. The van der Waals surface area contributed by atoms with Crippen LogP contribution in [0.15, 0.2) is 75.8 Å². The second kappa shape index (κ2) is 11.0. The number of aromatic hydroxyl groups is 1. The van der Waals surface area contributed by atoms with Crippen LogP contribution in [0.1, 0.15) is 17.9 Å². The van der Waals surface area contributed by atoms with Crippen LogP contribution < -0.4 is 10.7 Å². The van der Waals surface area contributed by atoms with Gasteiger partial charge in [0.15, 0.2) is 11.2 Å². The Balaban J connectivity index is 1.58. The van der Waals surface area contributed by atoms with E-state index in [1.54, 1.807) is 42.5 Å². The summed E-state index contributed by atoms with van der Waals surface area (Å²) in [6, 6.07) is 13.0. The maximum atomic E-state index is 13.1. The van der Waals surface area contributed by atoms with Crippen LogP contribution in [0.2, 0.25) is 0 Å². The van der Waals surface area contributed by atoms with Gasteiger partial charge in [-0.2, -0.15) is 0 Å². The Kier molecular flexibility index (Phi) is 7.58. The van der Waals surface area contributed by atoms with Gasteiger partial charge in [0.2, 0.25) is 6.29 Å². The van der Waals surface area contributed by atoms with Gasteiger partial charge in [-0.25, -0.2) is 0 Å². The molecule has 34 heavy (non-hydrogen) atoms. The zero-order valence-corrected chi connectivity index (χ0v) is 18.3. The predicted molar refractivity (Wildman–Crippen MR) is 123 cm³/mol. The van der Waals surface area contributed by atoms with E-state index < -0.39 is 18.1 Å². The van der Waals surface area contributed by atoms with Crippen molar-refractivity contribution in [2.24, 2.45) is 0 Å². The average molecular weight is 467 g/mol. The third kappa shape index (κ3) is 5.63. The van der Waals surface area contributed by atoms with Gasteiger partial charge in [-0.1, -0.05) is 12.1 Å². The van der Waals surface area contributed by atoms with E-state index in [0.29, 0.717) is 28.6 Å². The highest BCUT2D eigenvalue weighted by molar-refractivity contribution is 6.02. The van der Waals surface area contributed by atoms with E-state index in [9.17, 15) is 14.7 Å². The fourth-order valence-electron chi connectivity index (χ4n) is 3.63. The first-order valence-corrected chi connectivity index (χ1v) is 10.8. The van der Waals surface area contributed by atoms with Crippen molar-refractivity contribution in [1.29, 1.82) is 0 Å². The Morgan fingerprint density at radius 2 is 1.88 bits per heavy atom. The summed E-state index contributed by atoms with van der Waals surface area (Å²) in [5, 5.41) is 21.4. The number of ether oxygens (including phenoxy) is 3. The van der Waals surface area contributed by atoms with Crippen LogP contribution in [0.25, 0.3) is 11.0 Å². The summed E-state index contributed by atoms with van der Waals surface area (Å²) in [5.74, 6) is -0.937.